The van der Waals surface area contributed by atoms with Crippen molar-refractivity contribution in [3.8, 4) is 0 Å². The van der Waals surface area contributed by atoms with Crippen molar-refractivity contribution in [1.82, 2.24) is 15.2 Å². The van der Waals surface area contributed by atoms with Gasteiger partial charge in [0.1, 0.15) is 0 Å². The lowest BCUT2D eigenvalue weighted by molar-refractivity contribution is -0.384. The molecule has 0 unspecified atom stereocenters. The summed E-state index contributed by atoms with van der Waals surface area (Å²) in [6.07, 6.45) is 1.47. The van der Waals surface area contributed by atoms with Crippen LogP contribution < -0.4 is 5.43 Å². The fourth-order valence-electron chi connectivity index (χ4n) is 3.05. The van der Waals surface area contributed by atoms with Crippen LogP contribution in [0, 0.1) is 10.1 Å². The second kappa shape index (κ2) is 9.72. The summed E-state index contributed by atoms with van der Waals surface area (Å²) in [6.45, 7) is 4.76. The van der Waals surface area contributed by atoms with Crippen molar-refractivity contribution >= 4 is 17.8 Å². The summed E-state index contributed by atoms with van der Waals surface area (Å²) < 4.78 is 0. The van der Waals surface area contributed by atoms with E-state index in [1.165, 1.54) is 23.9 Å². The Kier molecular flexibility index (Phi) is 6.83. The third kappa shape index (κ3) is 5.97. The molecule has 1 heterocycles. The summed E-state index contributed by atoms with van der Waals surface area (Å²) in [5.41, 5.74) is 4.51. The molecule has 2 aromatic carbocycles. The van der Waals surface area contributed by atoms with Crippen LogP contribution >= 0.6 is 0 Å². The number of hydrogen-bond acceptors (Lipinski definition) is 6. The highest BCUT2D eigenvalue weighted by atomic mass is 16.6. The number of hydrogen-bond donors (Lipinski definition) is 1. The Labute approximate surface area is 163 Å². The zero-order valence-electron chi connectivity index (χ0n) is 15.5. The van der Waals surface area contributed by atoms with Gasteiger partial charge in [0.15, 0.2) is 0 Å². The average molecular weight is 381 g/mol. The second-order valence-electron chi connectivity index (χ2n) is 6.68. The molecule has 8 heteroatoms. The number of amides is 1. The third-order valence-electron chi connectivity index (χ3n) is 4.59. The number of nitrogens with zero attached hydrogens (tertiary/aromatic N) is 4. The molecule has 1 aliphatic heterocycles. The third-order valence-corrected chi connectivity index (χ3v) is 4.59. The Morgan fingerprint density at radius 3 is 2.32 bits per heavy atom. The quantitative estimate of drug-likeness (QED) is 0.449. The van der Waals surface area contributed by atoms with Gasteiger partial charge in [0.05, 0.1) is 17.7 Å². The van der Waals surface area contributed by atoms with Crippen LogP contribution in [0.4, 0.5) is 5.69 Å². The van der Waals surface area contributed by atoms with E-state index in [-0.39, 0.29) is 11.6 Å². The highest BCUT2D eigenvalue weighted by Crippen LogP contribution is 2.10. The van der Waals surface area contributed by atoms with E-state index in [0.29, 0.717) is 12.1 Å². The minimum absolute atomic E-state index is 0.0209. The van der Waals surface area contributed by atoms with Gasteiger partial charge in [0, 0.05) is 44.9 Å². The topological polar surface area (TPSA) is 91.1 Å². The number of benzene rings is 2. The zero-order chi connectivity index (χ0) is 19.8. The lowest BCUT2D eigenvalue weighted by Crippen LogP contribution is -2.48. The van der Waals surface area contributed by atoms with Gasteiger partial charge in [-0.05, 0) is 23.3 Å². The second-order valence-corrected chi connectivity index (χ2v) is 6.68. The molecule has 1 saturated heterocycles. The van der Waals surface area contributed by atoms with Crippen LogP contribution in [0.25, 0.3) is 0 Å². The molecule has 1 fully saturated rings. The number of piperazine rings is 1. The maximum absolute atomic E-state index is 12.0. The van der Waals surface area contributed by atoms with Gasteiger partial charge in [-0.2, -0.15) is 5.10 Å². The van der Waals surface area contributed by atoms with Crippen molar-refractivity contribution in [3.63, 3.8) is 0 Å². The molecule has 2 aromatic rings. The molecule has 3 rings (SSSR count). The minimum atomic E-state index is -0.456. The lowest BCUT2D eigenvalue weighted by Gasteiger charge is -2.34. The van der Waals surface area contributed by atoms with Crippen molar-refractivity contribution < 1.29 is 9.72 Å². The van der Waals surface area contributed by atoms with E-state index >= 15 is 0 Å². The first kappa shape index (κ1) is 19.7. The van der Waals surface area contributed by atoms with Gasteiger partial charge in [-0.25, -0.2) is 5.43 Å². The van der Waals surface area contributed by atoms with Crippen LogP contribution in [0.3, 0.4) is 0 Å². The SMILES string of the molecule is O=C(CN1CCN(Cc2ccccc2)CC1)NN=Cc1ccc([N+](=O)[O-])cc1. The smallest absolute Gasteiger partial charge is 0.269 e. The molecular weight excluding hydrogens is 358 g/mol. The van der Waals surface area contributed by atoms with E-state index in [9.17, 15) is 14.9 Å². The van der Waals surface area contributed by atoms with E-state index in [1.54, 1.807) is 12.1 Å². The number of nitrogens with one attached hydrogen (secondary N) is 1. The van der Waals surface area contributed by atoms with E-state index < -0.39 is 4.92 Å². The summed E-state index contributed by atoms with van der Waals surface area (Å²) in [4.78, 5) is 26.7. The zero-order valence-corrected chi connectivity index (χ0v) is 15.5. The van der Waals surface area contributed by atoms with E-state index in [1.807, 2.05) is 18.2 Å². The van der Waals surface area contributed by atoms with Gasteiger partial charge >= 0.3 is 0 Å². The monoisotopic (exact) mass is 381 g/mol. The maximum Gasteiger partial charge on any atom is 0.269 e. The molecule has 0 radical (unpaired) electrons. The number of carbonyl (C=O) groups excluding carboxylic acids is 1. The molecule has 1 amide bonds. The molecule has 0 aliphatic carbocycles. The molecule has 0 bridgehead atoms. The first-order chi connectivity index (χ1) is 13.6. The molecule has 0 spiro atoms. The predicted molar refractivity (Wildman–Crippen MR) is 107 cm³/mol. The molecule has 28 heavy (non-hydrogen) atoms. The van der Waals surface area contributed by atoms with Crippen molar-refractivity contribution in [2.75, 3.05) is 32.7 Å². The summed E-state index contributed by atoms with van der Waals surface area (Å²) in [5.74, 6) is -0.172. The summed E-state index contributed by atoms with van der Waals surface area (Å²) in [5, 5.41) is 14.5. The first-order valence-corrected chi connectivity index (χ1v) is 9.15. The van der Waals surface area contributed by atoms with Crippen LogP contribution in [-0.4, -0.2) is 59.6 Å². The highest BCUT2D eigenvalue weighted by molar-refractivity contribution is 5.83. The van der Waals surface area contributed by atoms with Crippen LogP contribution in [0.1, 0.15) is 11.1 Å². The van der Waals surface area contributed by atoms with Crippen molar-refractivity contribution in [2.45, 2.75) is 6.54 Å². The largest absolute Gasteiger partial charge is 0.297 e. The van der Waals surface area contributed by atoms with Gasteiger partial charge in [0.2, 0.25) is 0 Å². The van der Waals surface area contributed by atoms with Crippen LogP contribution in [0.15, 0.2) is 59.7 Å². The molecule has 0 atom stereocenters. The number of hydrazone groups is 1. The van der Waals surface area contributed by atoms with Gasteiger partial charge in [-0.3, -0.25) is 24.7 Å². The summed E-state index contributed by atoms with van der Waals surface area (Å²) in [7, 11) is 0. The predicted octanol–water partition coefficient (Wildman–Crippen LogP) is 1.86. The Morgan fingerprint density at radius 2 is 1.68 bits per heavy atom. The number of carbonyl (C=O) groups is 1. The molecular formula is C20H23N5O3. The van der Waals surface area contributed by atoms with Crippen molar-refractivity contribution in [1.29, 1.82) is 0 Å². The minimum Gasteiger partial charge on any atom is -0.297 e. The van der Waals surface area contributed by atoms with Gasteiger partial charge in [-0.15, -0.1) is 0 Å². The van der Waals surface area contributed by atoms with E-state index in [4.69, 9.17) is 0 Å². The summed E-state index contributed by atoms with van der Waals surface area (Å²) in [6, 6.07) is 16.3. The van der Waals surface area contributed by atoms with Crippen LogP contribution in [0.5, 0.6) is 0 Å². The Balaban J connectivity index is 1.38. The van der Waals surface area contributed by atoms with Crippen molar-refractivity contribution in [2.24, 2.45) is 5.10 Å². The van der Waals surface area contributed by atoms with Gasteiger partial charge in [-0.1, -0.05) is 30.3 Å². The molecule has 0 aromatic heterocycles. The van der Waals surface area contributed by atoms with Crippen LogP contribution in [-0.2, 0) is 11.3 Å². The fourth-order valence-corrected chi connectivity index (χ4v) is 3.05. The van der Waals surface area contributed by atoms with Crippen LogP contribution in [0.2, 0.25) is 0 Å². The number of rotatable bonds is 7. The lowest BCUT2D eigenvalue weighted by atomic mass is 10.2. The fraction of sp³-hybridized carbons (Fsp3) is 0.300. The highest BCUT2D eigenvalue weighted by Gasteiger charge is 2.18. The number of nitro benzene ring substituents is 1. The Hall–Kier alpha value is -3.10. The standard InChI is InChI=1S/C20H23N5O3/c26-20(22-21-14-17-6-8-19(9-7-17)25(27)28)16-24-12-10-23(11-13-24)15-18-4-2-1-3-5-18/h1-9,14H,10-13,15-16H2,(H,22,26). The molecule has 1 N–H and O–H groups in total. The normalized spacial score (nSPS) is 15.6. The number of non-ortho nitro benzene ring substituents is 1. The number of nitro groups is 1. The van der Waals surface area contributed by atoms with Crippen molar-refractivity contribution in [3.05, 3.63) is 75.8 Å². The molecule has 0 saturated carbocycles. The molecule has 146 valence electrons. The van der Waals surface area contributed by atoms with E-state index in [0.717, 1.165) is 32.7 Å². The summed E-state index contributed by atoms with van der Waals surface area (Å²) >= 11 is 0. The molecule has 1 aliphatic rings. The molecule has 8 nitrogen and oxygen atoms in total. The van der Waals surface area contributed by atoms with Gasteiger partial charge < -0.3 is 0 Å². The van der Waals surface area contributed by atoms with E-state index in [2.05, 4.69) is 32.5 Å². The maximum atomic E-state index is 12.0. The van der Waals surface area contributed by atoms with Gasteiger partial charge in [0.25, 0.3) is 11.6 Å². The Bertz CT molecular complexity index is 815. The average Bonchev–Trinajstić information content (AvgIpc) is 2.71. The Morgan fingerprint density at radius 1 is 1.04 bits per heavy atom. The first-order valence-electron chi connectivity index (χ1n) is 9.15.